The minimum atomic E-state index is -0.113. The molecule has 3 heterocycles. The molecule has 10 nitrogen and oxygen atoms in total. The summed E-state index contributed by atoms with van der Waals surface area (Å²) in [5.41, 5.74) is 1.36. The van der Waals surface area contributed by atoms with Gasteiger partial charge in [0.05, 0.1) is 19.7 Å². The van der Waals surface area contributed by atoms with Crippen LogP contribution in [0.25, 0.3) is 16.0 Å². The van der Waals surface area contributed by atoms with Crippen LogP contribution in [-0.2, 0) is 22.5 Å². The first-order chi connectivity index (χ1) is 16.6. The molecule has 4 aromatic rings. The third-order valence-corrected chi connectivity index (χ3v) is 6.37. The third-order valence-electron chi connectivity index (χ3n) is 5.48. The van der Waals surface area contributed by atoms with Crippen LogP contribution in [-0.4, -0.2) is 53.0 Å². The fraction of sp³-hybridized carbons (Fsp3) is 0.391. The van der Waals surface area contributed by atoms with Crippen LogP contribution in [0, 0.1) is 0 Å². The van der Waals surface area contributed by atoms with E-state index in [1.807, 2.05) is 15.8 Å². The summed E-state index contributed by atoms with van der Waals surface area (Å²) < 4.78 is 19.9. The van der Waals surface area contributed by atoms with Gasteiger partial charge in [-0.3, -0.25) is 18.6 Å². The number of hydrogen-bond donors (Lipinski definition) is 1. The van der Waals surface area contributed by atoms with Crippen LogP contribution in [0.5, 0.6) is 11.5 Å². The van der Waals surface area contributed by atoms with Gasteiger partial charge in [-0.1, -0.05) is 0 Å². The zero-order chi connectivity index (χ0) is 24.1. The minimum absolute atomic E-state index is 0.0677. The van der Waals surface area contributed by atoms with Gasteiger partial charge in [0.1, 0.15) is 10.5 Å². The van der Waals surface area contributed by atoms with E-state index >= 15 is 0 Å². The van der Waals surface area contributed by atoms with Gasteiger partial charge < -0.3 is 19.5 Å². The molecule has 0 fully saturated rings. The number of amides is 1. The SMILES string of the molecule is COCCCn1c(=O)c2sccc2n2c(CCCC(=O)Nc3ccc(OC)c(OC)c3)nnc12. The highest BCUT2D eigenvalue weighted by Gasteiger charge is 2.17. The number of nitrogens with one attached hydrogen (secondary N) is 1. The first kappa shape index (κ1) is 23.7. The smallest absolute Gasteiger partial charge is 0.272 e. The molecule has 0 spiro atoms. The van der Waals surface area contributed by atoms with Gasteiger partial charge in [0, 0.05) is 44.9 Å². The first-order valence-corrected chi connectivity index (χ1v) is 11.8. The topological polar surface area (TPSA) is 109 Å². The lowest BCUT2D eigenvalue weighted by Gasteiger charge is -2.11. The molecule has 0 aliphatic rings. The number of thiophene rings is 1. The van der Waals surface area contributed by atoms with E-state index in [9.17, 15) is 9.59 Å². The van der Waals surface area contributed by atoms with Crippen molar-refractivity contribution in [3.05, 3.63) is 45.8 Å². The van der Waals surface area contributed by atoms with Crippen molar-refractivity contribution in [3.8, 4) is 11.5 Å². The summed E-state index contributed by atoms with van der Waals surface area (Å²) in [6.45, 7) is 1.05. The molecular weight excluding hydrogens is 458 g/mol. The second kappa shape index (κ2) is 10.7. The van der Waals surface area contributed by atoms with Crippen molar-refractivity contribution in [2.24, 2.45) is 0 Å². The van der Waals surface area contributed by atoms with Crippen molar-refractivity contribution in [2.45, 2.75) is 32.2 Å². The van der Waals surface area contributed by atoms with Crippen LogP contribution in [0.4, 0.5) is 5.69 Å². The second-order valence-electron chi connectivity index (χ2n) is 7.66. The van der Waals surface area contributed by atoms with Gasteiger partial charge in [-0.25, -0.2) is 0 Å². The Morgan fingerprint density at radius 2 is 1.91 bits per heavy atom. The Morgan fingerprint density at radius 3 is 2.68 bits per heavy atom. The number of carbonyl (C=O) groups excluding carboxylic acids is 1. The fourth-order valence-electron chi connectivity index (χ4n) is 3.86. The Bertz CT molecular complexity index is 1360. The molecule has 1 N–H and O–H groups in total. The van der Waals surface area contributed by atoms with Crippen molar-refractivity contribution in [2.75, 3.05) is 33.3 Å². The number of fused-ring (bicyclic) bond motifs is 3. The van der Waals surface area contributed by atoms with E-state index in [1.54, 1.807) is 44.1 Å². The number of benzene rings is 1. The van der Waals surface area contributed by atoms with Crippen LogP contribution in [0.1, 0.15) is 25.1 Å². The molecule has 1 amide bonds. The maximum atomic E-state index is 13.0. The van der Waals surface area contributed by atoms with Gasteiger partial charge in [-0.15, -0.1) is 21.5 Å². The standard InChI is InChI=1S/C23H27N5O5S/c1-31-12-5-11-27-22(30)21-16(10-13-34-21)28-19(25-26-23(27)28)6-4-7-20(29)24-15-8-9-17(32-2)18(14-15)33-3/h8-10,13-14H,4-7,11-12H2,1-3H3,(H,24,29). The molecule has 0 radical (unpaired) electrons. The summed E-state index contributed by atoms with van der Waals surface area (Å²) in [7, 11) is 4.75. The average molecular weight is 486 g/mol. The first-order valence-electron chi connectivity index (χ1n) is 10.9. The number of hydrogen-bond acceptors (Lipinski definition) is 8. The maximum absolute atomic E-state index is 13.0. The van der Waals surface area contributed by atoms with Gasteiger partial charge >= 0.3 is 0 Å². The van der Waals surface area contributed by atoms with Crippen LogP contribution in [0.2, 0.25) is 0 Å². The van der Waals surface area contributed by atoms with E-state index < -0.39 is 0 Å². The van der Waals surface area contributed by atoms with Crippen molar-refractivity contribution < 1.29 is 19.0 Å². The minimum Gasteiger partial charge on any atom is -0.493 e. The summed E-state index contributed by atoms with van der Waals surface area (Å²) in [4.78, 5) is 25.4. The number of ether oxygens (including phenoxy) is 3. The van der Waals surface area contributed by atoms with Crippen molar-refractivity contribution >= 4 is 38.9 Å². The number of aromatic nitrogens is 4. The van der Waals surface area contributed by atoms with Gasteiger partial charge in [-0.2, -0.15) is 0 Å². The number of nitrogens with zero attached hydrogens (tertiary/aromatic N) is 4. The van der Waals surface area contributed by atoms with Crippen molar-refractivity contribution in [3.63, 3.8) is 0 Å². The molecule has 0 atom stereocenters. The molecule has 0 saturated heterocycles. The quantitative estimate of drug-likeness (QED) is 0.325. The molecule has 0 aliphatic carbocycles. The van der Waals surface area contributed by atoms with Crippen LogP contribution < -0.4 is 20.3 Å². The molecule has 180 valence electrons. The fourth-order valence-corrected chi connectivity index (χ4v) is 4.68. The second-order valence-corrected chi connectivity index (χ2v) is 8.58. The van der Waals surface area contributed by atoms with Crippen molar-refractivity contribution in [1.29, 1.82) is 0 Å². The zero-order valence-electron chi connectivity index (χ0n) is 19.4. The summed E-state index contributed by atoms with van der Waals surface area (Å²) in [5.74, 6) is 2.26. The van der Waals surface area contributed by atoms with E-state index in [2.05, 4.69) is 15.5 Å². The molecule has 0 saturated carbocycles. The number of rotatable bonds is 11. The molecular formula is C23H27N5O5S. The molecule has 0 unspecified atom stereocenters. The summed E-state index contributed by atoms with van der Waals surface area (Å²) in [6.07, 6.45) is 2.13. The van der Waals surface area contributed by atoms with Crippen LogP contribution in [0.3, 0.4) is 0 Å². The lowest BCUT2D eigenvalue weighted by atomic mass is 10.2. The number of aryl methyl sites for hydroxylation is 2. The average Bonchev–Trinajstić information content (AvgIpc) is 3.48. The van der Waals surface area contributed by atoms with Gasteiger partial charge in [0.25, 0.3) is 5.56 Å². The maximum Gasteiger partial charge on any atom is 0.272 e. The third kappa shape index (κ3) is 4.75. The lowest BCUT2D eigenvalue weighted by Crippen LogP contribution is -2.23. The summed E-state index contributed by atoms with van der Waals surface area (Å²) in [5, 5.41) is 13.4. The van der Waals surface area contributed by atoms with Gasteiger partial charge in [0.15, 0.2) is 11.5 Å². The molecule has 34 heavy (non-hydrogen) atoms. The Labute approximate surface area is 200 Å². The van der Waals surface area contributed by atoms with E-state index in [0.717, 1.165) is 11.3 Å². The Hall–Kier alpha value is -3.44. The van der Waals surface area contributed by atoms with E-state index in [1.165, 1.54) is 11.3 Å². The Kier molecular flexibility index (Phi) is 7.43. The predicted molar refractivity (Wildman–Crippen MR) is 130 cm³/mol. The highest BCUT2D eigenvalue weighted by atomic mass is 32.1. The number of anilines is 1. The Balaban J connectivity index is 1.48. The van der Waals surface area contributed by atoms with Crippen LogP contribution in [0.15, 0.2) is 34.4 Å². The van der Waals surface area contributed by atoms with Crippen LogP contribution >= 0.6 is 11.3 Å². The lowest BCUT2D eigenvalue weighted by molar-refractivity contribution is -0.116. The van der Waals surface area contributed by atoms with Gasteiger partial charge in [0.2, 0.25) is 11.7 Å². The van der Waals surface area contributed by atoms with E-state index in [-0.39, 0.29) is 11.5 Å². The highest BCUT2D eigenvalue weighted by molar-refractivity contribution is 7.17. The summed E-state index contributed by atoms with van der Waals surface area (Å²) >= 11 is 1.41. The monoisotopic (exact) mass is 485 g/mol. The zero-order valence-corrected chi connectivity index (χ0v) is 20.2. The summed E-state index contributed by atoms with van der Waals surface area (Å²) in [6, 6.07) is 7.14. The molecule has 3 aromatic heterocycles. The normalized spacial score (nSPS) is 11.3. The molecule has 4 rings (SSSR count). The molecule has 0 aliphatic heterocycles. The molecule has 0 bridgehead atoms. The Morgan fingerprint density at radius 1 is 1.09 bits per heavy atom. The van der Waals surface area contributed by atoms with E-state index in [0.29, 0.717) is 66.5 Å². The number of methoxy groups -OCH3 is 3. The largest absolute Gasteiger partial charge is 0.493 e. The molecule has 1 aromatic carbocycles. The van der Waals surface area contributed by atoms with E-state index in [4.69, 9.17) is 14.2 Å². The predicted octanol–water partition coefficient (Wildman–Crippen LogP) is 3.12. The molecule has 11 heteroatoms. The van der Waals surface area contributed by atoms with Gasteiger partial charge in [-0.05, 0) is 36.4 Å². The highest BCUT2D eigenvalue weighted by Crippen LogP contribution is 2.29. The van der Waals surface area contributed by atoms with Crippen molar-refractivity contribution in [1.82, 2.24) is 19.2 Å². The number of carbonyl (C=O) groups is 1.